The van der Waals surface area contributed by atoms with Crippen molar-refractivity contribution in [1.29, 1.82) is 0 Å². The number of rotatable bonds is 2. The molecule has 0 spiro atoms. The Morgan fingerprint density at radius 1 is 1.12 bits per heavy atom. The molecule has 76 valence electrons. The van der Waals surface area contributed by atoms with Gasteiger partial charge in [-0.15, -0.1) is 0 Å². The number of nitrogens with zero attached hydrogens (tertiary/aromatic N) is 3. The van der Waals surface area contributed by atoms with Crippen LogP contribution in [-0.4, -0.2) is 26.0 Å². The quantitative estimate of drug-likeness (QED) is 0.600. The number of hydrogen-bond acceptors (Lipinski definition) is 4. The first-order valence-corrected chi connectivity index (χ1v) is 4.23. The molecule has 0 unspecified atom stereocenters. The number of carboxylic acids is 1. The number of aromatic nitrogens is 3. The maximum atomic E-state index is 10.5. The van der Waals surface area contributed by atoms with Gasteiger partial charge in [0.15, 0.2) is 0 Å². The third kappa shape index (κ3) is 2.66. The Labute approximate surface area is 105 Å². The van der Waals surface area contributed by atoms with E-state index in [1.54, 1.807) is 24.5 Å². The van der Waals surface area contributed by atoms with Gasteiger partial charge in [0.1, 0.15) is 0 Å². The van der Waals surface area contributed by atoms with Crippen LogP contribution in [0.2, 0.25) is 0 Å². The van der Waals surface area contributed by atoms with Crippen LogP contribution in [0.25, 0.3) is 11.1 Å². The van der Waals surface area contributed by atoms with E-state index in [0.29, 0.717) is 0 Å². The molecule has 0 amide bonds. The zero-order valence-electron chi connectivity index (χ0n) is 9.66. The van der Waals surface area contributed by atoms with Crippen molar-refractivity contribution in [1.82, 2.24) is 15.0 Å². The third-order valence-corrected chi connectivity index (χ3v) is 1.86. The predicted molar refractivity (Wildman–Crippen MR) is 53.3 cm³/mol. The van der Waals surface area contributed by atoms with Crippen molar-refractivity contribution >= 4 is 5.97 Å². The van der Waals surface area contributed by atoms with E-state index in [2.05, 4.69) is 15.0 Å². The van der Waals surface area contributed by atoms with E-state index in [-0.39, 0.29) is 26.1 Å². The smallest absolute Gasteiger partial charge is 1.00 e. The van der Waals surface area contributed by atoms with E-state index < -0.39 is 5.97 Å². The zero-order valence-corrected chi connectivity index (χ0v) is 8.66. The van der Waals surface area contributed by atoms with Crippen molar-refractivity contribution in [2.75, 3.05) is 0 Å². The molecule has 2 rings (SSSR count). The van der Waals surface area contributed by atoms with Crippen LogP contribution in [0.3, 0.4) is 0 Å². The van der Waals surface area contributed by atoms with Crippen LogP contribution in [0, 0.1) is 0 Å². The Morgan fingerprint density at radius 3 is 2.19 bits per heavy atom. The Bertz CT molecular complexity index is 479. The van der Waals surface area contributed by atoms with E-state index in [1.165, 1.54) is 12.4 Å². The number of carboxylic acid groups (broad SMARTS) is 1. The summed E-state index contributed by atoms with van der Waals surface area (Å²) in [5, 5.41) is 8.61. The van der Waals surface area contributed by atoms with Crippen LogP contribution in [-0.2, 0) is 0 Å². The molecule has 0 radical (unpaired) electrons. The minimum Gasteiger partial charge on any atom is -1.00 e. The fourth-order valence-electron chi connectivity index (χ4n) is 1.13. The predicted octanol–water partition coefficient (Wildman–Crippen LogP) is -1.65. The molecule has 0 fully saturated rings. The van der Waals surface area contributed by atoms with E-state index in [9.17, 15) is 4.79 Å². The van der Waals surface area contributed by atoms with Gasteiger partial charge in [-0.1, -0.05) is 0 Å². The van der Waals surface area contributed by atoms with Crippen molar-refractivity contribution in [2.24, 2.45) is 0 Å². The van der Waals surface area contributed by atoms with Crippen molar-refractivity contribution in [3.8, 4) is 11.1 Å². The molecule has 1 N–H and O–H groups in total. The van der Waals surface area contributed by atoms with E-state index >= 15 is 0 Å². The first-order valence-electron chi connectivity index (χ1n) is 4.23. The van der Waals surface area contributed by atoms with Crippen LogP contribution in [0.5, 0.6) is 0 Å². The second-order valence-electron chi connectivity index (χ2n) is 2.84. The second-order valence-corrected chi connectivity index (χ2v) is 2.84. The van der Waals surface area contributed by atoms with Crippen LogP contribution in [0.4, 0.5) is 0 Å². The summed E-state index contributed by atoms with van der Waals surface area (Å²) in [6.07, 6.45) is 6.26. The second kappa shape index (κ2) is 5.40. The summed E-state index contributed by atoms with van der Waals surface area (Å²) < 4.78 is 0. The molecule has 2 heterocycles. The van der Waals surface area contributed by atoms with Crippen molar-refractivity contribution in [2.45, 2.75) is 0 Å². The maximum Gasteiger partial charge on any atom is 1.00 e. The number of aromatic carboxylic acids is 1. The van der Waals surface area contributed by atoms with Crippen LogP contribution in [0.1, 0.15) is 12.0 Å². The van der Waals surface area contributed by atoms with Gasteiger partial charge in [0, 0.05) is 30.4 Å². The molecule has 0 aliphatic carbocycles. The van der Waals surface area contributed by atoms with Crippen LogP contribution in [0.15, 0.2) is 36.9 Å². The summed E-state index contributed by atoms with van der Waals surface area (Å²) in [6, 6.07) is 3.61. The molecule has 0 saturated heterocycles. The fraction of sp³-hybridized carbons (Fsp3) is 0. The zero-order chi connectivity index (χ0) is 10.7. The molecule has 0 aromatic carbocycles. The molecule has 0 bridgehead atoms. The van der Waals surface area contributed by atoms with E-state index in [0.717, 1.165) is 11.1 Å². The number of hydrogen-bond donors (Lipinski definition) is 1. The topological polar surface area (TPSA) is 76.0 Å². The summed E-state index contributed by atoms with van der Waals surface area (Å²) in [4.78, 5) is 21.8. The van der Waals surface area contributed by atoms with Crippen LogP contribution < -0.4 is 18.9 Å². The molecule has 16 heavy (non-hydrogen) atoms. The largest absolute Gasteiger partial charge is 1.00 e. The summed E-state index contributed by atoms with van der Waals surface area (Å²) in [7, 11) is 0. The molecule has 2 aromatic rings. The first-order chi connectivity index (χ1) is 7.27. The van der Waals surface area contributed by atoms with Gasteiger partial charge in [-0.25, -0.2) is 14.8 Å². The normalized spacial score (nSPS) is 9.25. The monoisotopic (exact) mass is 209 g/mol. The van der Waals surface area contributed by atoms with Crippen LogP contribution >= 0.6 is 0 Å². The molecular formula is C10H8LiN3O2. The molecule has 0 saturated carbocycles. The molecule has 6 heteroatoms. The van der Waals surface area contributed by atoms with Gasteiger partial charge in [0.2, 0.25) is 5.82 Å². The van der Waals surface area contributed by atoms with Crippen molar-refractivity contribution in [3.63, 3.8) is 0 Å². The summed E-state index contributed by atoms with van der Waals surface area (Å²) in [6.45, 7) is 0. The van der Waals surface area contributed by atoms with Gasteiger partial charge in [-0.05, 0) is 17.7 Å². The molecule has 0 aliphatic rings. The number of pyridine rings is 1. The third-order valence-electron chi connectivity index (χ3n) is 1.86. The summed E-state index contributed by atoms with van der Waals surface area (Å²) in [5.74, 6) is -1.33. The van der Waals surface area contributed by atoms with Gasteiger partial charge < -0.3 is 6.53 Å². The van der Waals surface area contributed by atoms with Gasteiger partial charge in [-0.3, -0.25) is 4.98 Å². The maximum absolute atomic E-state index is 10.5. The molecule has 0 aliphatic heterocycles. The minimum atomic E-state index is -1.13. The first kappa shape index (κ1) is 12.4. The Hall–Kier alpha value is -1.70. The summed E-state index contributed by atoms with van der Waals surface area (Å²) in [5.41, 5.74) is 1.67. The van der Waals surface area contributed by atoms with Gasteiger partial charge in [0.05, 0.1) is 0 Å². The van der Waals surface area contributed by atoms with Gasteiger partial charge in [0.25, 0.3) is 0 Å². The average Bonchev–Trinajstić information content (AvgIpc) is 2.30. The average molecular weight is 209 g/mol. The van der Waals surface area contributed by atoms with E-state index in [4.69, 9.17) is 5.11 Å². The molecule has 2 aromatic heterocycles. The van der Waals surface area contributed by atoms with Crippen molar-refractivity contribution in [3.05, 3.63) is 42.7 Å². The molecule has 5 nitrogen and oxygen atoms in total. The minimum absolute atomic E-state index is 0. The Morgan fingerprint density at radius 2 is 1.69 bits per heavy atom. The fourth-order valence-corrected chi connectivity index (χ4v) is 1.13. The van der Waals surface area contributed by atoms with E-state index in [1.807, 2.05) is 0 Å². The Balaban J connectivity index is 0.00000128. The Kier molecular flexibility index (Phi) is 4.17. The molecular weight excluding hydrogens is 201 g/mol. The van der Waals surface area contributed by atoms with Crippen molar-refractivity contribution < 1.29 is 30.2 Å². The van der Waals surface area contributed by atoms with Gasteiger partial charge in [-0.2, -0.15) is 0 Å². The summed E-state index contributed by atoms with van der Waals surface area (Å²) >= 11 is 0. The van der Waals surface area contributed by atoms with Gasteiger partial charge >= 0.3 is 24.8 Å². The standard InChI is InChI=1S/C10H7N3O2.Li.H/c14-10(15)9-12-5-8(6-13-9)7-1-3-11-4-2-7;;/h1-6H,(H,14,15);;/q;+1;-1. The SMILES string of the molecule is O=C(O)c1ncc(-c2ccncc2)cn1.[H-].[Li+]. The number of carbonyl (C=O) groups is 1. The molecule has 0 atom stereocenters.